The number of amides is 1. The summed E-state index contributed by atoms with van der Waals surface area (Å²) >= 11 is 0. The summed E-state index contributed by atoms with van der Waals surface area (Å²) in [6, 6.07) is 9.20. The zero-order valence-corrected chi connectivity index (χ0v) is 10.3. The van der Waals surface area contributed by atoms with E-state index in [1.54, 1.807) is 39.0 Å². The average Bonchev–Trinajstić information content (AvgIpc) is 2.24. The highest BCUT2D eigenvalue weighted by Crippen LogP contribution is 2.09. The zero-order valence-electron chi connectivity index (χ0n) is 10.3. The lowest BCUT2D eigenvalue weighted by molar-refractivity contribution is 0.0523. The number of nitriles is 1. The van der Waals surface area contributed by atoms with Gasteiger partial charge in [-0.1, -0.05) is 18.2 Å². The van der Waals surface area contributed by atoms with Gasteiger partial charge < -0.3 is 10.1 Å². The summed E-state index contributed by atoms with van der Waals surface area (Å²) < 4.78 is 5.10. The fourth-order valence-corrected chi connectivity index (χ4v) is 1.27. The maximum atomic E-state index is 11.4. The molecule has 0 aliphatic rings. The normalized spacial score (nSPS) is 10.5. The highest BCUT2D eigenvalue weighted by molar-refractivity contribution is 5.67. The average molecular weight is 232 g/mol. The molecule has 1 aromatic rings. The second kappa shape index (κ2) is 5.35. The molecule has 1 amide bonds. The monoisotopic (exact) mass is 232 g/mol. The second-order valence-corrected chi connectivity index (χ2v) is 4.62. The molecule has 0 heterocycles. The summed E-state index contributed by atoms with van der Waals surface area (Å²) in [5.41, 5.74) is 0.822. The molecule has 17 heavy (non-hydrogen) atoms. The van der Waals surface area contributed by atoms with E-state index in [4.69, 9.17) is 10.00 Å². The van der Waals surface area contributed by atoms with Crippen LogP contribution in [-0.4, -0.2) is 11.7 Å². The van der Waals surface area contributed by atoms with Crippen LogP contribution in [-0.2, 0) is 11.3 Å². The van der Waals surface area contributed by atoms with Gasteiger partial charge in [0.25, 0.3) is 0 Å². The van der Waals surface area contributed by atoms with Crippen molar-refractivity contribution >= 4 is 6.09 Å². The maximum absolute atomic E-state index is 11.4. The molecule has 0 aromatic heterocycles. The van der Waals surface area contributed by atoms with Crippen molar-refractivity contribution in [2.24, 2.45) is 0 Å². The molecule has 0 radical (unpaired) electrons. The highest BCUT2D eigenvalue weighted by atomic mass is 16.6. The van der Waals surface area contributed by atoms with Crippen molar-refractivity contribution in [3.05, 3.63) is 35.4 Å². The van der Waals surface area contributed by atoms with E-state index >= 15 is 0 Å². The number of alkyl carbamates (subject to hydrolysis) is 1. The number of nitrogens with zero attached hydrogens (tertiary/aromatic N) is 1. The van der Waals surface area contributed by atoms with Gasteiger partial charge in [-0.15, -0.1) is 0 Å². The third kappa shape index (κ3) is 4.56. The number of hydrogen-bond acceptors (Lipinski definition) is 3. The smallest absolute Gasteiger partial charge is 0.407 e. The molecule has 0 aliphatic carbocycles. The van der Waals surface area contributed by atoms with E-state index in [1.807, 2.05) is 6.07 Å². The van der Waals surface area contributed by atoms with Crippen LogP contribution in [0.15, 0.2) is 24.3 Å². The lowest BCUT2D eigenvalue weighted by Gasteiger charge is -2.19. The minimum atomic E-state index is -0.515. The number of nitrogens with one attached hydrogen (secondary N) is 1. The maximum Gasteiger partial charge on any atom is 0.407 e. The molecule has 1 N–H and O–H groups in total. The van der Waals surface area contributed by atoms with Gasteiger partial charge in [0.1, 0.15) is 5.60 Å². The number of hydrogen-bond donors (Lipinski definition) is 1. The topological polar surface area (TPSA) is 62.1 Å². The number of rotatable bonds is 2. The molecule has 1 aromatic carbocycles. The van der Waals surface area contributed by atoms with E-state index in [0.717, 1.165) is 5.56 Å². The van der Waals surface area contributed by atoms with Crippen molar-refractivity contribution in [1.82, 2.24) is 5.32 Å². The summed E-state index contributed by atoms with van der Waals surface area (Å²) in [7, 11) is 0. The van der Waals surface area contributed by atoms with Crippen molar-refractivity contribution in [2.45, 2.75) is 32.9 Å². The molecule has 4 heteroatoms. The predicted molar refractivity (Wildman–Crippen MR) is 64.2 cm³/mol. The number of carbonyl (C=O) groups is 1. The van der Waals surface area contributed by atoms with Crippen molar-refractivity contribution in [1.29, 1.82) is 5.26 Å². The van der Waals surface area contributed by atoms with Crippen LogP contribution in [0, 0.1) is 11.3 Å². The van der Waals surface area contributed by atoms with E-state index in [0.29, 0.717) is 12.1 Å². The first-order chi connectivity index (χ1) is 7.92. The fourth-order valence-electron chi connectivity index (χ4n) is 1.27. The van der Waals surface area contributed by atoms with E-state index in [1.165, 1.54) is 0 Å². The Morgan fingerprint density at radius 2 is 2.06 bits per heavy atom. The van der Waals surface area contributed by atoms with Crippen LogP contribution in [0.3, 0.4) is 0 Å². The first kappa shape index (κ1) is 13.0. The predicted octanol–water partition coefficient (Wildman–Crippen LogP) is 2.58. The Morgan fingerprint density at radius 1 is 1.41 bits per heavy atom. The Bertz CT molecular complexity index is 441. The number of ether oxygens (including phenoxy) is 1. The van der Waals surface area contributed by atoms with E-state index in [-0.39, 0.29) is 0 Å². The van der Waals surface area contributed by atoms with Crippen LogP contribution in [0.2, 0.25) is 0 Å². The quantitative estimate of drug-likeness (QED) is 0.852. The van der Waals surface area contributed by atoms with Crippen molar-refractivity contribution in [2.75, 3.05) is 0 Å². The van der Waals surface area contributed by atoms with E-state index < -0.39 is 11.7 Å². The summed E-state index contributed by atoms with van der Waals surface area (Å²) in [4.78, 5) is 11.4. The van der Waals surface area contributed by atoms with Gasteiger partial charge in [-0.2, -0.15) is 5.26 Å². The Hall–Kier alpha value is -2.02. The lowest BCUT2D eigenvalue weighted by Crippen LogP contribution is -2.32. The van der Waals surface area contributed by atoms with Gasteiger partial charge in [-0.05, 0) is 32.4 Å². The highest BCUT2D eigenvalue weighted by Gasteiger charge is 2.15. The summed E-state index contributed by atoms with van der Waals surface area (Å²) in [5.74, 6) is 0. The Kier molecular flexibility index (Phi) is 4.11. The van der Waals surface area contributed by atoms with E-state index in [9.17, 15) is 4.79 Å². The van der Waals surface area contributed by atoms with Gasteiger partial charge >= 0.3 is 6.09 Å². The molecule has 0 atom stereocenters. The molecule has 4 nitrogen and oxygen atoms in total. The molecule has 0 spiro atoms. The van der Waals surface area contributed by atoms with Crippen molar-refractivity contribution in [3.8, 4) is 6.07 Å². The molecule has 0 bridgehead atoms. The largest absolute Gasteiger partial charge is 0.444 e. The second-order valence-electron chi connectivity index (χ2n) is 4.62. The number of carbonyl (C=O) groups excluding carboxylic acids is 1. The Morgan fingerprint density at radius 3 is 2.65 bits per heavy atom. The summed E-state index contributed by atoms with van der Waals surface area (Å²) in [6.07, 6.45) is -0.481. The molecule has 0 saturated heterocycles. The van der Waals surface area contributed by atoms with Crippen LogP contribution in [0.1, 0.15) is 31.9 Å². The van der Waals surface area contributed by atoms with Crippen LogP contribution in [0.25, 0.3) is 0 Å². The van der Waals surface area contributed by atoms with Gasteiger partial charge in [-0.25, -0.2) is 4.79 Å². The molecular weight excluding hydrogens is 216 g/mol. The fraction of sp³-hybridized carbons (Fsp3) is 0.385. The van der Waals surface area contributed by atoms with Gasteiger partial charge in [0.2, 0.25) is 0 Å². The number of benzene rings is 1. The molecule has 0 fully saturated rings. The van der Waals surface area contributed by atoms with Gasteiger partial charge in [0.15, 0.2) is 0 Å². The van der Waals surface area contributed by atoms with Crippen LogP contribution >= 0.6 is 0 Å². The SMILES string of the molecule is CC(C)(C)OC(=O)NCc1ccccc1C#N. The summed E-state index contributed by atoms with van der Waals surface area (Å²) in [5, 5.41) is 11.5. The minimum Gasteiger partial charge on any atom is -0.444 e. The van der Waals surface area contributed by atoms with E-state index in [2.05, 4.69) is 11.4 Å². The van der Waals surface area contributed by atoms with Gasteiger partial charge in [0, 0.05) is 6.54 Å². The molecule has 90 valence electrons. The molecule has 0 saturated carbocycles. The molecule has 1 rings (SSSR count). The Labute approximate surface area is 101 Å². The lowest BCUT2D eigenvalue weighted by atomic mass is 10.1. The molecular formula is C13H16N2O2. The first-order valence-electron chi connectivity index (χ1n) is 5.37. The van der Waals surface area contributed by atoms with Gasteiger partial charge in [0.05, 0.1) is 11.6 Å². The Balaban J connectivity index is 2.57. The van der Waals surface area contributed by atoms with Crippen molar-refractivity contribution in [3.63, 3.8) is 0 Å². The van der Waals surface area contributed by atoms with Crippen LogP contribution < -0.4 is 5.32 Å². The standard InChI is InChI=1S/C13H16N2O2/c1-13(2,3)17-12(16)15-9-11-7-5-4-6-10(11)8-14/h4-7H,9H2,1-3H3,(H,15,16). The molecule has 0 unspecified atom stereocenters. The molecule has 0 aliphatic heterocycles. The third-order valence-corrected chi connectivity index (χ3v) is 1.96. The zero-order chi connectivity index (χ0) is 12.9. The minimum absolute atomic E-state index is 0.290. The van der Waals surface area contributed by atoms with Crippen molar-refractivity contribution < 1.29 is 9.53 Å². The van der Waals surface area contributed by atoms with Crippen LogP contribution in [0.4, 0.5) is 4.79 Å². The summed E-state index contributed by atoms with van der Waals surface area (Å²) in [6.45, 7) is 5.69. The van der Waals surface area contributed by atoms with Crippen LogP contribution in [0.5, 0.6) is 0 Å². The first-order valence-corrected chi connectivity index (χ1v) is 5.37. The third-order valence-electron chi connectivity index (χ3n) is 1.96. The van der Waals surface area contributed by atoms with Gasteiger partial charge in [-0.3, -0.25) is 0 Å².